The summed E-state index contributed by atoms with van der Waals surface area (Å²) in [5.41, 5.74) is 0. The van der Waals surface area contributed by atoms with Crippen molar-refractivity contribution in [2.75, 3.05) is 26.2 Å². The Labute approximate surface area is 159 Å². The zero-order valence-corrected chi connectivity index (χ0v) is 16.9. The fourth-order valence-corrected chi connectivity index (χ4v) is 2.75. The number of aryl methyl sites for hydroxylation is 1. The van der Waals surface area contributed by atoms with E-state index in [0.717, 1.165) is 36.8 Å². The molecule has 0 aromatic carbocycles. The monoisotopic (exact) mass is 451 g/mol. The molecular weight excluding hydrogens is 425 g/mol. The van der Waals surface area contributed by atoms with Crippen molar-refractivity contribution in [2.24, 2.45) is 10.9 Å². The van der Waals surface area contributed by atoms with Crippen LogP contribution in [-0.4, -0.2) is 43.0 Å². The number of carbonyl (C=O) groups is 1. The number of nitrogens with one attached hydrogen (secondary N) is 3. The Bertz CT molecular complexity index is 516. The third-order valence-corrected chi connectivity index (χ3v) is 4.25. The summed E-state index contributed by atoms with van der Waals surface area (Å²) in [7, 11) is 0. The van der Waals surface area contributed by atoms with Crippen molar-refractivity contribution in [1.82, 2.24) is 20.9 Å². The Kier molecular flexibility index (Phi) is 9.46. The van der Waals surface area contributed by atoms with Gasteiger partial charge in [0.2, 0.25) is 5.91 Å². The summed E-state index contributed by atoms with van der Waals surface area (Å²) >= 11 is 1.72. The standard InChI is InChI=1S/C15H25N5OS.HI/c1-3-16-15(18-7-6-13-20-10-11(2)22-13)19-9-8-17-14(21)12-4-5-12;/h10,12H,3-9H2,1-2H3,(H,17,21)(H2,16,18,19);1H. The van der Waals surface area contributed by atoms with E-state index in [1.165, 1.54) is 4.88 Å². The minimum absolute atomic E-state index is 0. The van der Waals surface area contributed by atoms with Gasteiger partial charge in [0, 0.05) is 49.6 Å². The number of aliphatic imine (C=N–C) groups is 1. The lowest BCUT2D eigenvalue weighted by molar-refractivity contribution is -0.122. The van der Waals surface area contributed by atoms with Gasteiger partial charge in [0.15, 0.2) is 5.96 Å². The first-order chi connectivity index (χ1) is 10.7. The third kappa shape index (κ3) is 7.96. The second kappa shape index (κ2) is 10.8. The normalized spacial score (nSPS) is 14.1. The molecule has 130 valence electrons. The second-order valence-corrected chi connectivity index (χ2v) is 6.69. The lowest BCUT2D eigenvalue weighted by Crippen LogP contribution is -2.41. The van der Waals surface area contributed by atoms with Gasteiger partial charge >= 0.3 is 0 Å². The maximum atomic E-state index is 11.5. The van der Waals surface area contributed by atoms with E-state index in [9.17, 15) is 4.79 Å². The number of hydrogen-bond acceptors (Lipinski definition) is 4. The van der Waals surface area contributed by atoms with Gasteiger partial charge in [-0.15, -0.1) is 35.3 Å². The number of amides is 1. The number of nitrogens with zero attached hydrogens (tertiary/aromatic N) is 2. The number of thiazole rings is 1. The lowest BCUT2D eigenvalue weighted by atomic mass is 10.4. The molecule has 8 heteroatoms. The summed E-state index contributed by atoms with van der Waals surface area (Å²) in [4.78, 5) is 21.6. The van der Waals surface area contributed by atoms with Gasteiger partial charge in [-0.25, -0.2) is 4.98 Å². The van der Waals surface area contributed by atoms with E-state index in [4.69, 9.17) is 0 Å². The first-order valence-corrected chi connectivity index (χ1v) is 8.72. The first kappa shape index (κ1) is 20.1. The molecule has 1 fully saturated rings. The number of rotatable bonds is 8. The number of carbonyl (C=O) groups excluding carboxylic acids is 1. The molecule has 23 heavy (non-hydrogen) atoms. The number of guanidine groups is 1. The van der Waals surface area contributed by atoms with Crippen molar-refractivity contribution >= 4 is 47.2 Å². The lowest BCUT2D eigenvalue weighted by Gasteiger charge is -2.11. The summed E-state index contributed by atoms with van der Waals surface area (Å²) < 4.78 is 0. The van der Waals surface area contributed by atoms with Crippen LogP contribution in [0.15, 0.2) is 11.2 Å². The summed E-state index contributed by atoms with van der Waals surface area (Å²) in [6.07, 6.45) is 4.84. The van der Waals surface area contributed by atoms with Gasteiger partial charge in [0.25, 0.3) is 0 Å². The fraction of sp³-hybridized carbons (Fsp3) is 0.667. The van der Waals surface area contributed by atoms with E-state index in [2.05, 4.69) is 32.9 Å². The molecule has 0 radical (unpaired) electrons. The zero-order valence-electron chi connectivity index (χ0n) is 13.7. The molecule has 6 nitrogen and oxygen atoms in total. The van der Waals surface area contributed by atoms with Gasteiger partial charge in [0.1, 0.15) is 0 Å². The van der Waals surface area contributed by atoms with Crippen LogP contribution in [0.2, 0.25) is 0 Å². The van der Waals surface area contributed by atoms with Crippen molar-refractivity contribution in [1.29, 1.82) is 0 Å². The summed E-state index contributed by atoms with van der Waals surface area (Å²) in [6.45, 7) is 6.93. The van der Waals surface area contributed by atoms with E-state index >= 15 is 0 Å². The van der Waals surface area contributed by atoms with Crippen LogP contribution in [0.25, 0.3) is 0 Å². The molecule has 0 saturated heterocycles. The Morgan fingerprint density at radius 3 is 2.70 bits per heavy atom. The second-order valence-electron chi connectivity index (χ2n) is 5.37. The molecule has 1 aromatic heterocycles. The zero-order chi connectivity index (χ0) is 15.8. The summed E-state index contributed by atoms with van der Waals surface area (Å²) in [5.74, 6) is 1.24. The molecule has 1 aliphatic rings. The number of halogens is 1. The van der Waals surface area contributed by atoms with Gasteiger partial charge in [-0.05, 0) is 26.7 Å². The minimum atomic E-state index is 0. The van der Waals surface area contributed by atoms with Crippen molar-refractivity contribution in [3.8, 4) is 0 Å². The van der Waals surface area contributed by atoms with Crippen LogP contribution < -0.4 is 16.0 Å². The quantitative estimate of drug-likeness (QED) is 0.243. The van der Waals surface area contributed by atoms with Crippen molar-refractivity contribution < 1.29 is 4.79 Å². The molecule has 0 spiro atoms. The Balaban J connectivity index is 0.00000264. The number of aromatic nitrogens is 1. The first-order valence-electron chi connectivity index (χ1n) is 7.90. The summed E-state index contributed by atoms with van der Waals surface area (Å²) in [5, 5.41) is 10.5. The average molecular weight is 451 g/mol. The molecule has 0 unspecified atom stereocenters. The predicted molar refractivity (Wildman–Crippen MR) is 106 cm³/mol. The smallest absolute Gasteiger partial charge is 0.223 e. The fourth-order valence-electron chi connectivity index (χ4n) is 1.98. The molecule has 1 aromatic rings. The van der Waals surface area contributed by atoms with Crippen LogP contribution in [0.3, 0.4) is 0 Å². The minimum Gasteiger partial charge on any atom is -0.357 e. The highest BCUT2D eigenvalue weighted by Gasteiger charge is 2.28. The molecule has 3 N–H and O–H groups in total. The van der Waals surface area contributed by atoms with Crippen LogP contribution >= 0.6 is 35.3 Å². The van der Waals surface area contributed by atoms with E-state index in [-0.39, 0.29) is 35.8 Å². The van der Waals surface area contributed by atoms with Gasteiger partial charge < -0.3 is 16.0 Å². The topological polar surface area (TPSA) is 78.4 Å². The van der Waals surface area contributed by atoms with Crippen molar-refractivity contribution in [3.63, 3.8) is 0 Å². The summed E-state index contributed by atoms with van der Waals surface area (Å²) in [6, 6.07) is 0. The molecule has 0 bridgehead atoms. The van der Waals surface area contributed by atoms with E-state index in [1.807, 2.05) is 13.1 Å². The molecule has 1 aliphatic carbocycles. The predicted octanol–water partition coefficient (Wildman–Crippen LogP) is 1.69. The van der Waals surface area contributed by atoms with Crippen LogP contribution in [0.4, 0.5) is 0 Å². The van der Waals surface area contributed by atoms with Crippen molar-refractivity contribution in [2.45, 2.75) is 33.1 Å². The Hall–Kier alpha value is -0.900. The molecule has 1 heterocycles. The van der Waals surface area contributed by atoms with E-state index in [0.29, 0.717) is 19.6 Å². The van der Waals surface area contributed by atoms with Crippen molar-refractivity contribution in [3.05, 3.63) is 16.1 Å². The average Bonchev–Trinajstić information content (AvgIpc) is 3.27. The van der Waals surface area contributed by atoms with Gasteiger partial charge in [-0.2, -0.15) is 0 Å². The SMILES string of the molecule is CCNC(=NCCc1ncc(C)s1)NCCNC(=O)C1CC1.I. The maximum absolute atomic E-state index is 11.5. The van der Waals surface area contributed by atoms with Crippen LogP contribution in [0, 0.1) is 12.8 Å². The Morgan fingerprint density at radius 2 is 2.09 bits per heavy atom. The van der Waals surface area contributed by atoms with Gasteiger partial charge in [-0.3, -0.25) is 9.79 Å². The highest BCUT2D eigenvalue weighted by atomic mass is 127. The molecular formula is C15H26IN5OS. The maximum Gasteiger partial charge on any atom is 0.223 e. The largest absolute Gasteiger partial charge is 0.357 e. The number of hydrogen-bond donors (Lipinski definition) is 3. The molecule has 0 aliphatic heterocycles. The third-order valence-electron chi connectivity index (χ3n) is 3.27. The van der Waals surface area contributed by atoms with Crippen LogP contribution in [0.5, 0.6) is 0 Å². The van der Waals surface area contributed by atoms with Crippen LogP contribution in [0.1, 0.15) is 29.7 Å². The van der Waals surface area contributed by atoms with E-state index in [1.54, 1.807) is 11.3 Å². The van der Waals surface area contributed by atoms with Crippen LogP contribution in [-0.2, 0) is 11.2 Å². The highest BCUT2D eigenvalue weighted by molar-refractivity contribution is 14.0. The van der Waals surface area contributed by atoms with Gasteiger partial charge in [0.05, 0.1) is 5.01 Å². The molecule has 2 rings (SSSR count). The van der Waals surface area contributed by atoms with E-state index < -0.39 is 0 Å². The molecule has 0 atom stereocenters. The van der Waals surface area contributed by atoms with Gasteiger partial charge in [-0.1, -0.05) is 0 Å². The molecule has 1 amide bonds. The Morgan fingerprint density at radius 1 is 1.35 bits per heavy atom. The molecule has 1 saturated carbocycles. The highest BCUT2D eigenvalue weighted by Crippen LogP contribution is 2.28.